The second-order valence-electron chi connectivity index (χ2n) is 8.82. The van der Waals surface area contributed by atoms with E-state index >= 15 is 0 Å². The molecule has 9 heteroatoms. The van der Waals surface area contributed by atoms with E-state index in [1.807, 2.05) is 121 Å². The molecule has 5 aromatic carbocycles. The Balaban J connectivity index is 1.81. The van der Waals surface area contributed by atoms with E-state index in [4.69, 9.17) is 9.05 Å². The number of rotatable bonds is 6. The zero-order chi connectivity index (χ0) is 27.0. The molecule has 0 fully saturated rings. The van der Waals surface area contributed by atoms with Gasteiger partial charge in [0.05, 0.1) is 0 Å². The zero-order valence-electron chi connectivity index (χ0n) is 20.4. The minimum absolute atomic E-state index is 0.0790. The van der Waals surface area contributed by atoms with Crippen molar-refractivity contribution < 1.29 is 32.3 Å². The molecule has 0 bridgehead atoms. The van der Waals surface area contributed by atoms with Gasteiger partial charge in [0.15, 0.2) is 11.5 Å². The summed E-state index contributed by atoms with van der Waals surface area (Å²) in [5.41, 5.74) is 5.85. The van der Waals surface area contributed by atoms with Gasteiger partial charge < -0.3 is 18.8 Å². The predicted molar refractivity (Wildman–Crippen MR) is 150 cm³/mol. The van der Waals surface area contributed by atoms with Crippen LogP contribution in [0.1, 0.15) is 0 Å². The summed E-state index contributed by atoms with van der Waals surface area (Å²) < 4.78 is 41.6. The van der Waals surface area contributed by atoms with Gasteiger partial charge in [-0.1, -0.05) is 121 Å². The van der Waals surface area contributed by atoms with Crippen molar-refractivity contribution in [3.05, 3.63) is 121 Å². The number of hydrogen-bond acceptors (Lipinski definition) is 5. The summed E-state index contributed by atoms with van der Waals surface area (Å²) in [6.07, 6.45) is 0. The fourth-order valence-electron chi connectivity index (χ4n) is 4.83. The molecule has 0 aromatic heterocycles. The standard InChI is InChI=1S/C30H22O7P2/c31-38(32,33)37-39(34)35-29-27(23-17-9-3-10-18-23)25(21-13-5-1-6-14-21)26(22-15-7-2-8-16-22)28(30(29)36-39)24-19-11-4-12-20-24/h1-20H,(H2,31,32,33). The third-order valence-electron chi connectivity index (χ3n) is 6.27. The van der Waals surface area contributed by atoms with Crippen molar-refractivity contribution in [3.8, 4) is 56.0 Å². The first kappa shape index (κ1) is 25.3. The van der Waals surface area contributed by atoms with Gasteiger partial charge in [0.2, 0.25) is 0 Å². The molecular formula is C30H22O7P2. The molecular weight excluding hydrogens is 534 g/mol. The van der Waals surface area contributed by atoms with Crippen LogP contribution in [0.15, 0.2) is 121 Å². The molecule has 2 N–H and O–H groups in total. The Kier molecular flexibility index (Phi) is 6.48. The van der Waals surface area contributed by atoms with Gasteiger partial charge in [-0.3, -0.25) is 0 Å². The average molecular weight is 556 g/mol. The monoisotopic (exact) mass is 556 g/mol. The summed E-state index contributed by atoms with van der Waals surface area (Å²) in [4.78, 5) is 19.0. The summed E-state index contributed by atoms with van der Waals surface area (Å²) in [5, 5.41) is 0. The van der Waals surface area contributed by atoms with Crippen molar-refractivity contribution in [2.24, 2.45) is 0 Å². The Morgan fingerprint density at radius 3 is 1.08 bits per heavy atom. The van der Waals surface area contributed by atoms with Crippen LogP contribution in [0.4, 0.5) is 0 Å². The van der Waals surface area contributed by atoms with Crippen molar-refractivity contribution in [2.45, 2.75) is 0 Å². The molecule has 1 aliphatic heterocycles. The van der Waals surface area contributed by atoms with Gasteiger partial charge in [0.25, 0.3) is 0 Å². The lowest BCUT2D eigenvalue weighted by Crippen LogP contribution is -1.97. The van der Waals surface area contributed by atoms with E-state index in [-0.39, 0.29) is 11.5 Å². The van der Waals surface area contributed by atoms with Gasteiger partial charge in [-0.05, 0) is 22.3 Å². The van der Waals surface area contributed by atoms with Gasteiger partial charge >= 0.3 is 15.6 Å². The first-order valence-electron chi connectivity index (χ1n) is 12.0. The van der Waals surface area contributed by atoms with Crippen molar-refractivity contribution in [1.29, 1.82) is 0 Å². The fraction of sp³-hybridized carbons (Fsp3) is 0. The molecule has 1 aliphatic rings. The predicted octanol–water partition coefficient (Wildman–Crippen LogP) is 8.34. The molecule has 6 rings (SSSR count). The largest absolute Gasteiger partial charge is 0.596 e. The van der Waals surface area contributed by atoms with E-state index in [0.29, 0.717) is 11.1 Å². The van der Waals surface area contributed by atoms with E-state index in [1.54, 1.807) is 0 Å². The molecule has 0 aliphatic carbocycles. The van der Waals surface area contributed by atoms with Gasteiger partial charge in [-0.25, -0.2) is 9.13 Å². The molecule has 0 saturated heterocycles. The van der Waals surface area contributed by atoms with E-state index in [2.05, 4.69) is 4.31 Å². The van der Waals surface area contributed by atoms with Gasteiger partial charge in [-0.15, -0.1) is 0 Å². The Hall–Kier alpha value is -3.96. The lowest BCUT2D eigenvalue weighted by Gasteiger charge is -2.22. The molecule has 0 unspecified atom stereocenters. The van der Waals surface area contributed by atoms with Crippen LogP contribution in [0.3, 0.4) is 0 Å². The molecule has 0 saturated carbocycles. The molecule has 194 valence electrons. The maximum atomic E-state index is 13.6. The van der Waals surface area contributed by atoms with Crippen LogP contribution in [0.2, 0.25) is 0 Å². The SMILES string of the molecule is O=P(O)(O)OP1(=O)Oc2c(c(-c3ccccc3)c(-c3ccccc3)c(-c3ccccc3)c2-c2ccccc2)O1. The summed E-state index contributed by atoms with van der Waals surface area (Å²) >= 11 is 0. The molecule has 0 atom stereocenters. The third-order valence-corrected chi connectivity index (χ3v) is 8.74. The van der Waals surface area contributed by atoms with Gasteiger partial charge in [0, 0.05) is 22.3 Å². The number of phosphoric ester groups is 1. The number of fused-ring (bicyclic) bond motifs is 1. The number of benzene rings is 5. The van der Waals surface area contributed by atoms with Crippen LogP contribution in [-0.4, -0.2) is 9.79 Å². The fourth-order valence-corrected chi connectivity index (χ4v) is 6.97. The molecule has 5 aromatic rings. The maximum Gasteiger partial charge on any atom is 0.596 e. The van der Waals surface area contributed by atoms with Crippen molar-refractivity contribution in [1.82, 2.24) is 0 Å². The van der Waals surface area contributed by atoms with Gasteiger partial charge in [0.1, 0.15) is 0 Å². The Morgan fingerprint density at radius 1 is 0.513 bits per heavy atom. The van der Waals surface area contributed by atoms with Gasteiger partial charge in [-0.2, -0.15) is 4.31 Å². The van der Waals surface area contributed by atoms with Crippen molar-refractivity contribution in [2.75, 3.05) is 0 Å². The topological polar surface area (TPSA) is 102 Å². The Bertz CT molecular complexity index is 1620. The Labute approximate surface area is 225 Å². The van der Waals surface area contributed by atoms with Crippen LogP contribution < -0.4 is 9.05 Å². The van der Waals surface area contributed by atoms with E-state index < -0.39 is 15.6 Å². The second-order valence-corrected chi connectivity index (χ2v) is 11.7. The van der Waals surface area contributed by atoms with Crippen molar-refractivity contribution in [3.63, 3.8) is 0 Å². The molecule has 0 amide bonds. The molecule has 1 heterocycles. The number of phosphoric acid groups is 2. The quantitative estimate of drug-likeness (QED) is 0.203. The lowest BCUT2D eigenvalue weighted by molar-refractivity contribution is 0.246. The minimum atomic E-state index is -5.24. The molecule has 7 nitrogen and oxygen atoms in total. The van der Waals surface area contributed by atoms with Crippen LogP contribution in [0.5, 0.6) is 11.5 Å². The average Bonchev–Trinajstić information content (AvgIpc) is 3.28. The highest BCUT2D eigenvalue weighted by molar-refractivity contribution is 7.61. The first-order valence-corrected chi connectivity index (χ1v) is 15.0. The molecule has 39 heavy (non-hydrogen) atoms. The summed E-state index contributed by atoms with van der Waals surface area (Å²) in [5.74, 6) is 0.158. The van der Waals surface area contributed by atoms with Crippen molar-refractivity contribution >= 4 is 15.6 Å². The number of hydrogen-bond donors (Lipinski definition) is 2. The van der Waals surface area contributed by atoms with Crippen LogP contribution in [0.25, 0.3) is 44.5 Å². The summed E-state index contributed by atoms with van der Waals surface area (Å²) in [7, 11) is -9.99. The highest BCUT2D eigenvalue weighted by Gasteiger charge is 2.48. The molecule has 0 spiro atoms. The van der Waals surface area contributed by atoms with E-state index in [9.17, 15) is 18.9 Å². The first-order chi connectivity index (χ1) is 18.8. The normalized spacial score (nSPS) is 13.8. The van der Waals surface area contributed by atoms with E-state index in [1.165, 1.54) is 0 Å². The highest BCUT2D eigenvalue weighted by Crippen LogP contribution is 2.71. The minimum Gasteiger partial charge on any atom is -0.390 e. The maximum absolute atomic E-state index is 13.6. The van der Waals surface area contributed by atoms with Crippen LogP contribution in [0, 0.1) is 0 Å². The molecule has 0 radical (unpaired) electrons. The van der Waals surface area contributed by atoms with Crippen LogP contribution >= 0.6 is 15.6 Å². The highest BCUT2D eigenvalue weighted by atomic mass is 31.3. The third kappa shape index (κ3) is 4.95. The lowest BCUT2D eigenvalue weighted by atomic mass is 9.81. The smallest absolute Gasteiger partial charge is 0.390 e. The summed E-state index contributed by atoms with van der Waals surface area (Å²) in [6.45, 7) is 0. The zero-order valence-corrected chi connectivity index (χ0v) is 22.2. The van der Waals surface area contributed by atoms with E-state index in [0.717, 1.165) is 33.4 Å². The summed E-state index contributed by atoms with van der Waals surface area (Å²) in [6, 6.07) is 38.2. The Morgan fingerprint density at radius 2 is 0.795 bits per heavy atom. The van der Waals surface area contributed by atoms with Crippen LogP contribution in [-0.2, 0) is 13.4 Å². The second kappa shape index (κ2) is 9.97.